The standard InChI is InChI=1S/C27H54N2O/c1-6-10-13-21(8-3)22(12-7-2)18-23(14-11-17-30)26(20-29)27(5,9-4)25-19-24(25)15-16-28/h15,21-23,25-26,30H,6-14,16-20,28-29H2,1-5H3. The van der Waals surface area contributed by atoms with Crippen molar-refractivity contribution in [3.8, 4) is 0 Å². The molecule has 6 atom stereocenters. The van der Waals surface area contributed by atoms with E-state index in [1.165, 1.54) is 57.8 Å². The highest BCUT2D eigenvalue weighted by Gasteiger charge is 2.50. The molecule has 0 spiro atoms. The van der Waals surface area contributed by atoms with E-state index < -0.39 is 0 Å². The third kappa shape index (κ3) is 7.64. The SMILES string of the molecule is CCCCC(CC)C(CCC)CC(CCCO)C(CN)C(C)(CC)C1CC1=CCN. The molecule has 0 aromatic heterocycles. The van der Waals surface area contributed by atoms with Gasteiger partial charge >= 0.3 is 0 Å². The maximum Gasteiger partial charge on any atom is 0.0431 e. The van der Waals surface area contributed by atoms with Crippen molar-refractivity contribution in [2.24, 2.45) is 46.5 Å². The van der Waals surface area contributed by atoms with Gasteiger partial charge in [-0.1, -0.05) is 84.8 Å². The molecular weight excluding hydrogens is 368 g/mol. The number of unbranched alkanes of at least 4 members (excludes halogenated alkanes) is 1. The number of allylic oxidation sites excluding steroid dienone is 1. The molecular formula is C27H54N2O. The highest BCUT2D eigenvalue weighted by atomic mass is 16.2. The lowest BCUT2D eigenvalue weighted by molar-refractivity contribution is 0.0637. The summed E-state index contributed by atoms with van der Waals surface area (Å²) in [6, 6.07) is 0. The van der Waals surface area contributed by atoms with Gasteiger partial charge in [-0.15, -0.1) is 0 Å². The first-order chi connectivity index (χ1) is 14.5. The van der Waals surface area contributed by atoms with Gasteiger partial charge in [0, 0.05) is 13.2 Å². The van der Waals surface area contributed by atoms with Gasteiger partial charge in [0.15, 0.2) is 0 Å². The largest absolute Gasteiger partial charge is 0.396 e. The van der Waals surface area contributed by atoms with Gasteiger partial charge in [-0.2, -0.15) is 0 Å². The van der Waals surface area contributed by atoms with Crippen LogP contribution in [0.2, 0.25) is 0 Å². The molecule has 1 fully saturated rings. The monoisotopic (exact) mass is 422 g/mol. The van der Waals surface area contributed by atoms with E-state index >= 15 is 0 Å². The minimum atomic E-state index is 0.248. The summed E-state index contributed by atoms with van der Waals surface area (Å²) in [5.41, 5.74) is 14.1. The Morgan fingerprint density at radius 1 is 1.00 bits per heavy atom. The van der Waals surface area contributed by atoms with Crippen LogP contribution in [0.15, 0.2) is 11.6 Å². The van der Waals surface area contributed by atoms with Crippen LogP contribution in [0.3, 0.4) is 0 Å². The molecule has 0 bridgehead atoms. The second-order valence-electron chi connectivity index (χ2n) is 10.2. The number of hydrogen-bond donors (Lipinski definition) is 3. The molecule has 3 nitrogen and oxygen atoms in total. The average Bonchev–Trinajstić information content (AvgIpc) is 3.52. The Balaban J connectivity index is 3.11. The van der Waals surface area contributed by atoms with Crippen LogP contribution in [0.5, 0.6) is 0 Å². The van der Waals surface area contributed by atoms with Crippen LogP contribution in [-0.4, -0.2) is 24.8 Å². The smallest absolute Gasteiger partial charge is 0.0431 e. The third-order valence-electron chi connectivity index (χ3n) is 8.45. The molecule has 0 saturated heterocycles. The molecule has 1 aliphatic carbocycles. The van der Waals surface area contributed by atoms with Crippen LogP contribution in [-0.2, 0) is 0 Å². The van der Waals surface area contributed by atoms with Gasteiger partial charge in [0.05, 0.1) is 0 Å². The Labute approximate surface area is 188 Å². The van der Waals surface area contributed by atoms with Crippen LogP contribution in [0.25, 0.3) is 0 Å². The summed E-state index contributed by atoms with van der Waals surface area (Å²) in [4.78, 5) is 0. The number of rotatable bonds is 18. The van der Waals surface area contributed by atoms with E-state index in [1.54, 1.807) is 5.57 Å². The predicted molar refractivity (Wildman–Crippen MR) is 132 cm³/mol. The highest BCUT2D eigenvalue weighted by Crippen LogP contribution is 2.58. The normalized spacial score (nSPS) is 23.7. The summed E-state index contributed by atoms with van der Waals surface area (Å²) < 4.78 is 0. The number of nitrogens with two attached hydrogens (primary N) is 2. The van der Waals surface area contributed by atoms with Gasteiger partial charge in [0.1, 0.15) is 0 Å². The van der Waals surface area contributed by atoms with Crippen molar-refractivity contribution >= 4 is 0 Å². The number of aliphatic hydroxyl groups is 1. The lowest BCUT2D eigenvalue weighted by Gasteiger charge is -2.44. The van der Waals surface area contributed by atoms with Crippen molar-refractivity contribution in [3.05, 3.63) is 11.6 Å². The summed E-state index contributed by atoms with van der Waals surface area (Å²) >= 11 is 0. The van der Waals surface area contributed by atoms with Gasteiger partial charge in [-0.25, -0.2) is 0 Å². The van der Waals surface area contributed by atoms with Crippen molar-refractivity contribution in [2.45, 2.75) is 105 Å². The first-order valence-electron chi connectivity index (χ1n) is 13.2. The highest BCUT2D eigenvalue weighted by molar-refractivity contribution is 5.28. The summed E-state index contributed by atoms with van der Waals surface area (Å²) in [5.74, 6) is 3.41. The van der Waals surface area contributed by atoms with Gasteiger partial charge < -0.3 is 16.6 Å². The summed E-state index contributed by atoms with van der Waals surface area (Å²) in [5, 5.41) is 9.62. The molecule has 1 rings (SSSR count). The van der Waals surface area contributed by atoms with Crippen LogP contribution in [0.1, 0.15) is 105 Å². The van der Waals surface area contributed by atoms with Crippen molar-refractivity contribution in [1.29, 1.82) is 0 Å². The van der Waals surface area contributed by atoms with Gasteiger partial charge in [-0.3, -0.25) is 0 Å². The molecule has 0 heterocycles. The lowest BCUT2D eigenvalue weighted by atomic mass is 9.62. The van der Waals surface area contributed by atoms with Crippen LogP contribution in [0, 0.1) is 35.0 Å². The summed E-state index contributed by atoms with van der Waals surface area (Å²) in [7, 11) is 0. The van der Waals surface area contributed by atoms with Crippen LogP contribution < -0.4 is 11.5 Å². The Hall–Kier alpha value is -0.380. The van der Waals surface area contributed by atoms with Crippen molar-refractivity contribution in [3.63, 3.8) is 0 Å². The molecule has 0 aliphatic heterocycles. The van der Waals surface area contributed by atoms with Crippen LogP contribution >= 0.6 is 0 Å². The quantitative estimate of drug-likeness (QED) is 0.227. The zero-order valence-corrected chi connectivity index (χ0v) is 21.0. The van der Waals surface area contributed by atoms with Crippen molar-refractivity contribution < 1.29 is 5.11 Å². The molecule has 3 heteroatoms. The maximum atomic E-state index is 9.62. The molecule has 0 aromatic rings. The second kappa shape index (κ2) is 14.6. The predicted octanol–water partition coefficient (Wildman–Crippen LogP) is 6.29. The minimum Gasteiger partial charge on any atom is -0.396 e. The Morgan fingerprint density at radius 2 is 1.70 bits per heavy atom. The summed E-state index contributed by atoms with van der Waals surface area (Å²) in [6.07, 6.45) is 15.8. The second-order valence-corrected chi connectivity index (χ2v) is 10.2. The molecule has 5 N–H and O–H groups in total. The molecule has 0 radical (unpaired) electrons. The van der Waals surface area contributed by atoms with Gasteiger partial charge in [0.2, 0.25) is 0 Å². The molecule has 178 valence electrons. The van der Waals surface area contributed by atoms with E-state index in [-0.39, 0.29) is 5.41 Å². The Bertz CT molecular complexity index is 477. The van der Waals surface area contributed by atoms with Crippen molar-refractivity contribution in [2.75, 3.05) is 19.7 Å². The van der Waals surface area contributed by atoms with E-state index in [2.05, 4.69) is 40.7 Å². The van der Waals surface area contributed by atoms with Gasteiger partial charge in [-0.05, 0) is 73.7 Å². The van der Waals surface area contributed by atoms with E-state index in [9.17, 15) is 5.11 Å². The fourth-order valence-corrected chi connectivity index (χ4v) is 6.36. The van der Waals surface area contributed by atoms with E-state index in [0.717, 1.165) is 31.2 Å². The number of hydrogen-bond acceptors (Lipinski definition) is 3. The topological polar surface area (TPSA) is 72.3 Å². The molecule has 6 unspecified atom stereocenters. The first-order valence-corrected chi connectivity index (χ1v) is 13.2. The fourth-order valence-electron chi connectivity index (χ4n) is 6.36. The van der Waals surface area contributed by atoms with E-state index in [0.29, 0.717) is 30.9 Å². The maximum absolute atomic E-state index is 9.62. The van der Waals surface area contributed by atoms with Gasteiger partial charge in [0.25, 0.3) is 0 Å². The fraction of sp³-hybridized carbons (Fsp3) is 0.926. The first kappa shape index (κ1) is 27.7. The average molecular weight is 423 g/mol. The molecule has 1 aliphatic rings. The van der Waals surface area contributed by atoms with Crippen molar-refractivity contribution in [1.82, 2.24) is 0 Å². The molecule has 0 amide bonds. The molecule has 30 heavy (non-hydrogen) atoms. The zero-order valence-electron chi connectivity index (χ0n) is 21.0. The number of aliphatic hydroxyl groups excluding tert-OH is 1. The third-order valence-corrected chi connectivity index (χ3v) is 8.45. The van der Waals surface area contributed by atoms with Crippen LogP contribution in [0.4, 0.5) is 0 Å². The summed E-state index contributed by atoms with van der Waals surface area (Å²) in [6.45, 7) is 13.6. The molecule has 0 aromatic carbocycles. The van der Waals surface area contributed by atoms with E-state index in [1.807, 2.05) is 0 Å². The lowest BCUT2D eigenvalue weighted by Crippen LogP contribution is -2.41. The minimum absolute atomic E-state index is 0.248. The molecule has 1 saturated carbocycles. The Morgan fingerprint density at radius 3 is 2.20 bits per heavy atom. The Kier molecular flexibility index (Phi) is 13.5. The zero-order chi connectivity index (χ0) is 22.6. The van der Waals surface area contributed by atoms with E-state index in [4.69, 9.17) is 11.5 Å².